The zero-order valence-corrected chi connectivity index (χ0v) is 14.7. The monoisotopic (exact) mass is 355 g/mol. The number of benzene rings is 1. The summed E-state index contributed by atoms with van der Waals surface area (Å²) in [7, 11) is 0. The van der Waals surface area contributed by atoms with Crippen LogP contribution in [0.25, 0.3) is 0 Å². The SMILES string of the molecule is O=CNC1CC(CCN2CCN(c3cccc(Cl)c3Cl)CC2)C1. The Morgan fingerprint density at radius 1 is 1.17 bits per heavy atom. The number of amides is 1. The molecule has 1 saturated heterocycles. The fourth-order valence-corrected chi connectivity index (χ4v) is 3.93. The molecule has 0 unspecified atom stereocenters. The number of rotatable bonds is 6. The van der Waals surface area contributed by atoms with Crippen LogP contribution in [-0.2, 0) is 4.79 Å². The fraction of sp³-hybridized carbons (Fsp3) is 0.588. The molecular weight excluding hydrogens is 333 g/mol. The Balaban J connectivity index is 1.41. The first-order chi connectivity index (χ1) is 11.2. The lowest BCUT2D eigenvalue weighted by molar-refractivity contribution is -0.110. The van der Waals surface area contributed by atoms with Gasteiger partial charge in [0.15, 0.2) is 0 Å². The Labute approximate surface area is 147 Å². The summed E-state index contributed by atoms with van der Waals surface area (Å²) in [5.74, 6) is 0.771. The third-order valence-corrected chi connectivity index (χ3v) is 5.85. The highest BCUT2D eigenvalue weighted by molar-refractivity contribution is 6.43. The molecule has 4 nitrogen and oxygen atoms in total. The molecule has 6 heteroatoms. The van der Waals surface area contributed by atoms with E-state index in [-0.39, 0.29) is 0 Å². The molecule has 2 aliphatic rings. The van der Waals surface area contributed by atoms with Crippen molar-refractivity contribution < 1.29 is 4.79 Å². The average molecular weight is 356 g/mol. The molecule has 0 aromatic heterocycles. The molecule has 23 heavy (non-hydrogen) atoms. The van der Waals surface area contributed by atoms with Crippen molar-refractivity contribution in [3.05, 3.63) is 28.2 Å². The van der Waals surface area contributed by atoms with Crippen LogP contribution in [0, 0.1) is 5.92 Å². The number of halogens is 2. The van der Waals surface area contributed by atoms with Crippen LogP contribution in [0.1, 0.15) is 19.3 Å². The van der Waals surface area contributed by atoms with Gasteiger partial charge in [-0.1, -0.05) is 29.3 Å². The van der Waals surface area contributed by atoms with Crippen molar-refractivity contribution in [2.75, 3.05) is 37.6 Å². The topological polar surface area (TPSA) is 35.6 Å². The van der Waals surface area contributed by atoms with E-state index < -0.39 is 0 Å². The molecule has 1 aromatic rings. The van der Waals surface area contributed by atoms with E-state index in [1.807, 2.05) is 18.2 Å². The van der Waals surface area contributed by atoms with E-state index in [9.17, 15) is 4.79 Å². The number of carbonyl (C=O) groups is 1. The summed E-state index contributed by atoms with van der Waals surface area (Å²) in [5.41, 5.74) is 1.04. The summed E-state index contributed by atoms with van der Waals surface area (Å²) < 4.78 is 0. The van der Waals surface area contributed by atoms with Gasteiger partial charge in [0.05, 0.1) is 15.7 Å². The lowest BCUT2D eigenvalue weighted by Gasteiger charge is -2.39. The zero-order valence-electron chi connectivity index (χ0n) is 13.2. The predicted molar refractivity (Wildman–Crippen MR) is 95.4 cm³/mol. The van der Waals surface area contributed by atoms with Crippen molar-refractivity contribution >= 4 is 35.3 Å². The molecule has 0 atom stereocenters. The highest BCUT2D eigenvalue weighted by Crippen LogP contribution is 2.33. The molecule has 0 spiro atoms. The lowest BCUT2D eigenvalue weighted by Crippen LogP contribution is -2.48. The second kappa shape index (κ2) is 7.73. The fourth-order valence-electron chi connectivity index (χ4n) is 3.52. The van der Waals surface area contributed by atoms with Crippen LogP contribution in [0.3, 0.4) is 0 Å². The minimum atomic E-state index is 0.416. The summed E-state index contributed by atoms with van der Waals surface area (Å²) in [5, 5.41) is 4.14. The standard InChI is InChI=1S/C17H23Cl2N3O/c18-15-2-1-3-16(17(15)19)22-8-6-21(7-9-22)5-4-13-10-14(11-13)20-12-23/h1-3,12-14H,4-11H2,(H,20,23). The molecule has 0 bridgehead atoms. The van der Waals surface area contributed by atoms with Crippen LogP contribution in [0.4, 0.5) is 5.69 Å². The van der Waals surface area contributed by atoms with E-state index in [1.165, 1.54) is 6.42 Å². The summed E-state index contributed by atoms with van der Waals surface area (Å²) in [6.45, 7) is 5.24. The molecule has 1 aliphatic carbocycles. The number of carbonyl (C=O) groups excluding carboxylic acids is 1. The second-order valence-electron chi connectivity index (χ2n) is 6.51. The Morgan fingerprint density at radius 3 is 2.61 bits per heavy atom. The summed E-state index contributed by atoms with van der Waals surface area (Å²) >= 11 is 12.4. The first-order valence-electron chi connectivity index (χ1n) is 8.28. The molecule has 0 radical (unpaired) electrons. The maximum Gasteiger partial charge on any atom is 0.207 e. The van der Waals surface area contributed by atoms with E-state index in [0.717, 1.165) is 63.6 Å². The van der Waals surface area contributed by atoms with Crippen LogP contribution in [0.5, 0.6) is 0 Å². The minimum absolute atomic E-state index is 0.416. The predicted octanol–water partition coefficient (Wildman–Crippen LogP) is 3.03. The number of nitrogens with one attached hydrogen (secondary N) is 1. The van der Waals surface area contributed by atoms with Crippen molar-refractivity contribution in [2.24, 2.45) is 5.92 Å². The lowest BCUT2D eigenvalue weighted by atomic mass is 9.78. The van der Waals surface area contributed by atoms with Crippen molar-refractivity contribution in [1.29, 1.82) is 0 Å². The van der Waals surface area contributed by atoms with E-state index >= 15 is 0 Å². The number of anilines is 1. The van der Waals surface area contributed by atoms with Crippen molar-refractivity contribution in [2.45, 2.75) is 25.3 Å². The molecule has 1 heterocycles. The van der Waals surface area contributed by atoms with E-state index in [4.69, 9.17) is 23.2 Å². The smallest absolute Gasteiger partial charge is 0.207 e. The van der Waals surface area contributed by atoms with Crippen LogP contribution in [0.2, 0.25) is 10.0 Å². The van der Waals surface area contributed by atoms with Crippen LogP contribution in [0.15, 0.2) is 18.2 Å². The van der Waals surface area contributed by atoms with Crippen LogP contribution in [-0.4, -0.2) is 50.1 Å². The van der Waals surface area contributed by atoms with Gasteiger partial charge < -0.3 is 10.2 Å². The molecule has 2 fully saturated rings. The maximum absolute atomic E-state index is 10.4. The average Bonchev–Trinajstić information content (AvgIpc) is 2.53. The number of hydrogen-bond acceptors (Lipinski definition) is 3. The van der Waals surface area contributed by atoms with Gasteiger partial charge in [-0.15, -0.1) is 0 Å². The number of nitrogens with zero attached hydrogens (tertiary/aromatic N) is 2. The summed E-state index contributed by atoms with van der Waals surface area (Å²) in [6.07, 6.45) is 4.32. The molecule has 1 amide bonds. The number of piperazine rings is 1. The van der Waals surface area contributed by atoms with Gasteiger partial charge in [0.1, 0.15) is 0 Å². The van der Waals surface area contributed by atoms with Gasteiger partial charge in [-0.25, -0.2) is 0 Å². The summed E-state index contributed by atoms with van der Waals surface area (Å²) in [4.78, 5) is 15.2. The van der Waals surface area contributed by atoms with Gasteiger partial charge in [-0.3, -0.25) is 9.69 Å². The third-order valence-electron chi connectivity index (χ3n) is 5.04. The van der Waals surface area contributed by atoms with Crippen molar-refractivity contribution in [3.63, 3.8) is 0 Å². The quantitative estimate of drug-likeness (QED) is 0.796. The first-order valence-corrected chi connectivity index (χ1v) is 9.04. The van der Waals surface area contributed by atoms with Gasteiger partial charge in [-0.2, -0.15) is 0 Å². The first kappa shape index (κ1) is 16.9. The number of hydrogen-bond donors (Lipinski definition) is 1. The van der Waals surface area contributed by atoms with Gasteiger partial charge in [0, 0.05) is 32.2 Å². The van der Waals surface area contributed by atoms with Gasteiger partial charge >= 0.3 is 0 Å². The van der Waals surface area contributed by atoms with Gasteiger partial charge in [0.25, 0.3) is 0 Å². The Morgan fingerprint density at radius 2 is 1.91 bits per heavy atom. The molecule has 1 N–H and O–H groups in total. The van der Waals surface area contributed by atoms with Crippen molar-refractivity contribution in [1.82, 2.24) is 10.2 Å². The molecular formula is C17H23Cl2N3O. The van der Waals surface area contributed by atoms with E-state index in [0.29, 0.717) is 16.1 Å². The second-order valence-corrected chi connectivity index (χ2v) is 7.29. The Bertz CT molecular complexity index is 541. The van der Waals surface area contributed by atoms with Crippen molar-refractivity contribution in [3.8, 4) is 0 Å². The van der Waals surface area contributed by atoms with E-state index in [2.05, 4.69) is 15.1 Å². The molecule has 1 saturated carbocycles. The van der Waals surface area contributed by atoms with E-state index in [1.54, 1.807) is 0 Å². The molecule has 1 aliphatic heterocycles. The minimum Gasteiger partial charge on any atom is -0.368 e. The zero-order chi connectivity index (χ0) is 16.2. The third kappa shape index (κ3) is 4.11. The maximum atomic E-state index is 10.4. The van der Waals surface area contributed by atoms with Gasteiger partial charge in [0.2, 0.25) is 6.41 Å². The molecule has 3 rings (SSSR count). The molecule has 1 aromatic carbocycles. The van der Waals surface area contributed by atoms with Crippen LogP contribution < -0.4 is 10.2 Å². The Kier molecular flexibility index (Phi) is 5.67. The normalized spacial score (nSPS) is 25.0. The molecule has 126 valence electrons. The van der Waals surface area contributed by atoms with Crippen LogP contribution >= 0.6 is 23.2 Å². The Hall–Kier alpha value is -0.970. The summed E-state index contributed by atoms with van der Waals surface area (Å²) in [6, 6.07) is 6.24. The highest BCUT2D eigenvalue weighted by atomic mass is 35.5. The van der Waals surface area contributed by atoms with Gasteiger partial charge in [-0.05, 0) is 43.9 Å². The largest absolute Gasteiger partial charge is 0.368 e. The highest BCUT2D eigenvalue weighted by Gasteiger charge is 2.29.